The molecule has 1 aromatic carbocycles. The first-order valence-corrected chi connectivity index (χ1v) is 7.83. The van der Waals surface area contributed by atoms with Gasteiger partial charge in [0.05, 0.1) is 6.42 Å². The number of carbonyl (C=O) groups is 2. The van der Waals surface area contributed by atoms with Crippen LogP contribution in [0, 0.1) is 5.92 Å². The number of hydrogen-bond donors (Lipinski definition) is 2. The smallest absolute Gasteiger partial charge is 0.317 e. The lowest BCUT2D eigenvalue weighted by atomic mass is 9.95. The summed E-state index contributed by atoms with van der Waals surface area (Å²) >= 11 is 0. The Labute approximate surface area is 131 Å². The van der Waals surface area contributed by atoms with Gasteiger partial charge in [-0.25, -0.2) is 4.79 Å². The number of urea groups is 1. The van der Waals surface area contributed by atoms with E-state index in [1.807, 2.05) is 18.2 Å². The van der Waals surface area contributed by atoms with Crippen molar-refractivity contribution in [3.63, 3.8) is 0 Å². The third kappa shape index (κ3) is 4.76. The molecule has 2 amide bonds. The number of amides is 2. The molecule has 2 atom stereocenters. The first-order valence-electron chi connectivity index (χ1n) is 7.83. The lowest BCUT2D eigenvalue weighted by Crippen LogP contribution is -2.45. The molecule has 1 fully saturated rings. The van der Waals surface area contributed by atoms with Gasteiger partial charge in [-0.2, -0.15) is 0 Å². The molecular weight excluding hydrogens is 280 g/mol. The molecule has 1 saturated carbocycles. The van der Waals surface area contributed by atoms with Gasteiger partial charge in [0.1, 0.15) is 0 Å². The summed E-state index contributed by atoms with van der Waals surface area (Å²) in [5.74, 6) is -0.429. The number of benzene rings is 1. The third-order valence-electron chi connectivity index (χ3n) is 4.32. The van der Waals surface area contributed by atoms with Crippen LogP contribution in [0.2, 0.25) is 0 Å². The number of hydrogen-bond acceptors (Lipinski definition) is 2. The zero-order valence-corrected chi connectivity index (χ0v) is 13.0. The van der Waals surface area contributed by atoms with Crippen LogP contribution in [0.3, 0.4) is 0 Å². The van der Waals surface area contributed by atoms with E-state index in [2.05, 4.69) is 17.4 Å². The molecule has 0 aliphatic heterocycles. The summed E-state index contributed by atoms with van der Waals surface area (Å²) in [7, 11) is 1.64. The highest BCUT2D eigenvalue weighted by Gasteiger charge is 2.29. The molecule has 1 aromatic rings. The van der Waals surface area contributed by atoms with Crippen molar-refractivity contribution in [1.82, 2.24) is 10.2 Å². The Morgan fingerprint density at radius 2 is 2.00 bits per heavy atom. The summed E-state index contributed by atoms with van der Waals surface area (Å²) in [6.45, 7) is 0.233. The molecule has 2 N–H and O–H groups in total. The first-order chi connectivity index (χ1) is 10.6. The van der Waals surface area contributed by atoms with E-state index in [-0.39, 0.29) is 25.0 Å². The van der Waals surface area contributed by atoms with Crippen molar-refractivity contribution in [2.75, 3.05) is 13.6 Å². The predicted octanol–water partition coefficient (Wildman–Crippen LogP) is 2.51. The van der Waals surface area contributed by atoms with E-state index in [0.29, 0.717) is 5.92 Å². The second kappa shape index (κ2) is 7.82. The van der Waals surface area contributed by atoms with Crippen molar-refractivity contribution in [3.8, 4) is 0 Å². The second-order valence-electron chi connectivity index (χ2n) is 6.00. The number of aliphatic carboxylic acids is 1. The van der Waals surface area contributed by atoms with E-state index < -0.39 is 5.97 Å². The molecule has 2 rings (SSSR count). The summed E-state index contributed by atoms with van der Waals surface area (Å²) in [6.07, 6.45) is 4.20. The summed E-state index contributed by atoms with van der Waals surface area (Å²) < 4.78 is 0. The van der Waals surface area contributed by atoms with E-state index in [9.17, 15) is 9.59 Å². The maximum Gasteiger partial charge on any atom is 0.317 e. The van der Waals surface area contributed by atoms with Crippen LogP contribution in [0.1, 0.15) is 31.2 Å². The van der Waals surface area contributed by atoms with Crippen molar-refractivity contribution in [1.29, 1.82) is 0 Å². The average Bonchev–Trinajstić information content (AvgIpc) is 2.92. The predicted molar refractivity (Wildman–Crippen MR) is 84.7 cm³/mol. The lowest BCUT2D eigenvalue weighted by molar-refractivity contribution is -0.137. The Morgan fingerprint density at radius 1 is 1.27 bits per heavy atom. The number of carbonyl (C=O) groups excluding carboxylic acids is 1. The van der Waals surface area contributed by atoms with Crippen molar-refractivity contribution >= 4 is 12.0 Å². The molecule has 0 spiro atoms. The van der Waals surface area contributed by atoms with Gasteiger partial charge in [0, 0.05) is 19.6 Å². The van der Waals surface area contributed by atoms with Gasteiger partial charge in [-0.15, -0.1) is 0 Å². The highest BCUT2D eigenvalue weighted by Crippen LogP contribution is 2.29. The molecule has 0 aromatic heterocycles. The molecule has 2 unspecified atom stereocenters. The first kappa shape index (κ1) is 16.3. The molecule has 1 aliphatic rings. The van der Waals surface area contributed by atoms with Crippen LogP contribution in [0.25, 0.3) is 0 Å². The Kier molecular flexibility index (Phi) is 5.81. The van der Waals surface area contributed by atoms with E-state index in [0.717, 1.165) is 25.7 Å². The zero-order chi connectivity index (χ0) is 15.9. The minimum Gasteiger partial charge on any atom is -0.481 e. The molecule has 0 bridgehead atoms. The lowest BCUT2D eigenvalue weighted by Gasteiger charge is -2.25. The van der Waals surface area contributed by atoms with Gasteiger partial charge < -0.3 is 15.3 Å². The van der Waals surface area contributed by atoms with Gasteiger partial charge in [0.25, 0.3) is 0 Å². The van der Waals surface area contributed by atoms with Crippen LogP contribution >= 0.6 is 0 Å². The molecule has 120 valence electrons. The highest BCUT2D eigenvalue weighted by atomic mass is 16.4. The average molecular weight is 304 g/mol. The van der Waals surface area contributed by atoms with Crippen LogP contribution in [0.5, 0.6) is 0 Å². The van der Waals surface area contributed by atoms with Crippen LogP contribution in [0.15, 0.2) is 30.3 Å². The highest BCUT2D eigenvalue weighted by molar-refractivity contribution is 5.75. The number of rotatable bonds is 6. The van der Waals surface area contributed by atoms with Crippen LogP contribution in [0.4, 0.5) is 4.79 Å². The summed E-state index contributed by atoms with van der Waals surface area (Å²) in [5.41, 5.74) is 1.30. The fraction of sp³-hybridized carbons (Fsp3) is 0.529. The topological polar surface area (TPSA) is 69.6 Å². The molecule has 5 nitrogen and oxygen atoms in total. The zero-order valence-electron chi connectivity index (χ0n) is 13.0. The quantitative estimate of drug-likeness (QED) is 0.848. The van der Waals surface area contributed by atoms with Gasteiger partial charge in [0.2, 0.25) is 0 Å². The number of nitrogens with one attached hydrogen (secondary N) is 1. The third-order valence-corrected chi connectivity index (χ3v) is 4.32. The molecule has 0 radical (unpaired) electrons. The summed E-state index contributed by atoms with van der Waals surface area (Å²) in [4.78, 5) is 24.1. The van der Waals surface area contributed by atoms with E-state index in [1.165, 1.54) is 10.5 Å². The Balaban J connectivity index is 1.85. The van der Waals surface area contributed by atoms with Crippen LogP contribution in [-0.2, 0) is 11.2 Å². The summed E-state index contributed by atoms with van der Waals surface area (Å²) in [6, 6.07) is 10.3. The Morgan fingerprint density at radius 3 is 2.68 bits per heavy atom. The normalized spacial score (nSPS) is 20.6. The molecule has 5 heteroatoms. The minimum atomic E-state index is -0.887. The van der Waals surface area contributed by atoms with E-state index in [1.54, 1.807) is 7.05 Å². The molecule has 0 saturated heterocycles. The van der Waals surface area contributed by atoms with Gasteiger partial charge in [-0.1, -0.05) is 36.8 Å². The van der Waals surface area contributed by atoms with E-state index >= 15 is 0 Å². The van der Waals surface area contributed by atoms with Crippen molar-refractivity contribution in [3.05, 3.63) is 35.9 Å². The maximum atomic E-state index is 12.1. The van der Waals surface area contributed by atoms with E-state index in [4.69, 9.17) is 5.11 Å². The Hall–Kier alpha value is -2.04. The summed E-state index contributed by atoms with van der Waals surface area (Å²) in [5, 5.41) is 11.7. The van der Waals surface area contributed by atoms with Gasteiger partial charge in [-0.3, -0.25) is 4.79 Å². The van der Waals surface area contributed by atoms with Gasteiger partial charge >= 0.3 is 12.0 Å². The monoisotopic (exact) mass is 304 g/mol. The molecular formula is C17H24N2O3. The fourth-order valence-corrected chi connectivity index (χ4v) is 3.02. The SMILES string of the molecule is CN(CCC(=O)O)C(=O)NC1CCCC1Cc1ccccc1. The number of carboxylic acids is 1. The number of carboxylic acid groups (broad SMARTS) is 1. The second-order valence-corrected chi connectivity index (χ2v) is 6.00. The number of nitrogens with zero attached hydrogens (tertiary/aromatic N) is 1. The fourth-order valence-electron chi connectivity index (χ4n) is 3.02. The largest absolute Gasteiger partial charge is 0.481 e. The van der Waals surface area contributed by atoms with Gasteiger partial charge in [0.15, 0.2) is 0 Å². The molecule has 22 heavy (non-hydrogen) atoms. The molecule has 0 heterocycles. The van der Waals surface area contributed by atoms with Crippen LogP contribution in [-0.4, -0.2) is 41.6 Å². The van der Waals surface area contributed by atoms with Crippen molar-refractivity contribution in [2.45, 2.75) is 38.1 Å². The Bertz CT molecular complexity index is 504. The van der Waals surface area contributed by atoms with Crippen molar-refractivity contribution in [2.24, 2.45) is 5.92 Å². The van der Waals surface area contributed by atoms with Crippen molar-refractivity contribution < 1.29 is 14.7 Å². The molecule has 1 aliphatic carbocycles. The van der Waals surface area contributed by atoms with Gasteiger partial charge in [-0.05, 0) is 30.7 Å². The maximum absolute atomic E-state index is 12.1. The standard InChI is InChI=1S/C17H24N2O3/c1-19(11-10-16(20)21)17(22)18-15-9-5-8-14(15)12-13-6-3-2-4-7-13/h2-4,6-7,14-15H,5,8-12H2,1H3,(H,18,22)(H,20,21). The van der Waals surface area contributed by atoms with Crippen LogP contribution < -0.4 is 5.32 Å². The minimum absolute atomic E-state index is 0.0258.